The van der Waals surface area contributed by atoms with Gasteiger partial charge in [-0.1, -0.05) is 13.8 Å². The van der Waals surface area contributed by atoms with Crippen LogP contribution in [0.25, 0.3) is 0 Å². The van der Waals surface area contributed by atoms with E-state index in [2.05, 4.69) is 24.5 Å². The van der Waals surface area contributed by atoms with Crippen molar-refractivity contribution >= 4 is 0 Å². The van der Waals surface area contributed by atoms with Crippen molar-refractivity contribution in [3.05, 3.63) is 0 Å². The fraction of sp³-hybridized carbons (Fsp3) is 1.00. The smallest absolute Gasteiger partial charge is 0.0591 e. The van der Waals surface area contributed by atoms with Gasteiger partial charge in [0.2, 0.25) is 0 Å². The second-order valence-corrected chi connectivity index (χ2v) is 5.08. The molecule has 0 aliphatic heterocycles. The summed E-state index contributed by atoms with van der Waals surface area (Å²) in [7, 11) is 0. The van der Waals surface area contributed by atoms with Gasteiger partial charge in [0.1, 0.15) is 0 Å². The normalized spacial score (nSPS) is 15.9. The zero-order valence-electron chi connectivity index (χ0n) is 10.9. The molecule has 2 N–H and O–H groups in total. The Bertz CT molecular complexity index is 148. The molecule has 3 nitrogen and oxygen atoms in total. The predicted molar refractivity (Wildman–Crippen MR) is 68.8 cm³/mol. The molecule has 1 aliphatic rings. The minimum atomic E-state index is 0.615. The van der Waals surface area contributed by atoms with Crippen LogP contribution in [0.2, 0.25) is 0 Å². The molecule has 0 aromatic rings. The van der Waals surface area contributed by atoms with Crippen molar-refractivity contribution in [2.45, 2.75) is 45.6 Å². The van der Waals surface area contributed by atoms with Crippen molar-refractivity contribution < 1.29 is 4.74 Å². The number of nitrogens with one attached hydrogen (secondary N) is 2. The summed E-state index contributed by atoms with van der Waals surface area (Å²) in [6, 6.07) is 0.615. The second-order valence-electron chi connectivity index (χ2n) is 5.08. The molecule has 0 atom stereocenters. The van der Waals surface area contributed by atoms with Crippen LogP contribution in [0, 0.1) is 5.92 Å². The summed E-state index contributed by atoms with van der Waals surface area (Å²) in [6.45, 7) is 9.50. The molecule has 3 heteroatoms. The van der Waals surface area contributed by atoms with Crippen LogP contribution in [-0.2, 0) is 4.74 Å². The summed E-state index contributed by atoms with van der Waals surface area (Å²) < 4.78 is 5.54. The highest BCUT2D eigenvalue weighted by atomic mass is 16.5. The first-order valence-electron chi connectivity index (χ1n) is 6.81. The molecular weight excluding hydrogens is 200 g/mol. The minimum absolute atomic E-state index is 0.615. The van der Waals surface area contributed by atoms with Crippen molar-refractivity contribution in [2.24, 2.45) is 5.92 Å². The Morgan fingerprint density at radius 1 is 1.12 bits per heavy atom. The van der Waals surface area contributed by atoms with Gasteiger partial charge in [0.25, 0.3) is 0 Å². The van der Waals surface area contributed by atoms with Gasteiger partial charge in [0.15, 0.2) is 0 Å². The van der Waals surface area contributed by atoms with Crippen LogP contribution in [-0.4, -0.2) is 38.9 Å². The van der Waals surface area contributed by atoms with Gasteiger partial charge in [-0.3, -0.25) is 0 Å². The Morgan fingerprint density at radius 3 is 2.56 bits per heavy atom. The van der Waals surface area contributed by atoms with Crippen molar-refractivity contribution in [3.8, 4) is 0 Å². The average Bonchev–Trinajstić information content (AvgIpc) is 3.04. The molecule has 0 aromatic carbocycles. The maximum Gasteiger partial charge on any atom is 0.0591 e. The third-order valence-corrected chi connectivity index (χ3v) is 2.81. The minimum Gasteiger partial charge on any atom is -0.380 e. The highest BCUT2D eigenvalue weighted by molar-refractivity contribution is 4.71. The molecule has 16 heavy (non-hydrogen) atoms. The van der Waals surface area contributed by atoms with Crippen molar-refractivity contribution in [3.63, 3.8) is 0 Å². The zero-order valence-corrected chi connectivity index (χ0v) is 10.9. The van der Waals surface area contributed by atoms with Gasteiger partial charge >= 0.3 is 0 Å². The van der Waals surface area contributed by atoms with Crippen LogP contribution in [0.5, 0.6) is 0 Å². The summed E-state index contributed by atoms with van der Waals surface area (Å²) in [5.41, 5.74) is 0. The third kappa shape index (κ3) is 9.13. The highest BCUT2D eigenvalue weighted by Crippen LogP contribution is 2.28. The first kappa shape index (κ1) is 13.9. The van der Waals surface area contributed by atoms with E-state index in [4.69, 9.17) is 4.74 Å². The van der Waals surface area contributed by atoms with Crippen molar-refractivity contribution in [1.29, 1.82) is 0 Å². The highest BCUT2D eigenvalue weighted by Gasteiger charge is 2.20. The molecule has 0 unspecified atom stereocenters. The summed E-state index contributed by atoms with van der Waals surface area (Å²) in [5, 5.41) is 6.84. The largest absolute Gasteiger partial charge is 0.380 e. The number of hydrogen-bond acceptors (Lipinski definition) is 3. The van der Waals surface area contributed by atoms with E-state index in [1.807, 2.05) is 0 Å². The maximum atomic E-state index is 5.54. The fourth-order valence-electron chi connectivity index (χ4n) is 1.57. The lowest BCUT2D eigenvalue weighted by molar-refractivity contribution is 0.126. The molecule has 0 radical (unpaired) electrons. The molecule has 0 heterocycles. The standard InChI is InChI=1S/C13H28N2O/c1-12(2)15-8-4-3-7-14-9-10-16-11-13-5-6-13/h12-15H,3-11H2,1-2H3. The lowest BCUT2D eigenvalue weighted by atomic mass is 10.3. The second kappa shape index (κ2) is 8.97. The number of unbranched alkanes of at least 4 members (excludes halogenated alkanes) is 1. The van der Waals surface area contributed by atoms with Crippen LogP contribution in [0.4, 0.5) is 0 Å². The van der Waals surface area contributed by atoms with Crippen molar-refractivity contribution in [1.82, 2.24) is 10.6 Å². The molecule has 0 amide bonds. The Hall–Kier alpha value is -0.120. The SMILES string of the molecule is CC(C)NCCCCNCCOCC1CC1. The maximum absolute atomic E-state index is 5.54. The van der Waals surface area contributed by atoms with Crippen LogP contribution in [0.1, 0.15) is 39.5 Å². The van der Waals surface area contributed by atoms with Gasteiger partial charge in [-0.25, -0.2) is 0 Å². The summed E-state index contributed by atoms with van der Waals surface area (Å²) in [4.78, 5) is 0. The summed E-state index contributed by atoms with van der Waals surface area (Å²) >= 11 is 0. The molecule has 0 spiro atoms. The van der Waals surface area contributed by atoms with E-state index in [0.29, 0.717) is 6.04 Å². The summed E-state index contributed by atoms with van der Waals surface area (Å²) in [5.74, 6) is 0.891. The lowest BCUT2D eigenvalue weighted by Crippen LogP contribution is -2.25. The molecule has 0 bridgehead atoms. The monoisotopic (exact) mass is 228 g/mol. The molecule has 96 valence electrons. The van der Waals surface area contributed by atoms with E-state index in [9.17, 15) is 0 Å². The molecule has 1 saturated carbocycles. The fourth-order valence-corrected chi connectivity index (χ4v) is 1.57. The summed E-state index contributed by atoms with van der Waals surface area (Å²) in [6.07, 6.45) is 5.28. The van der Waals surface area contributed by atoms with Gasteiger partial charge in [-0.15, -0.1) is 0 Å². The lowest BCUT2D eigenvalue weighted by Gasteiger charge is -2.08. The van der Waals surface area contributed by atoms with E-state index >= 15 is 0 Å². The van der Waals surface area contributed by atoms with Crippen molar-refractivity contribution in [2.75, 3.05) is 32.8 Å². The van der Waals surface area contributed by atoms with Gasteiger partial charge in [0, 0.05) is 19.2 Å². The Balaban J connectivity index is 1.64. The zero-order chi connectivity index (χ0) is 11.6. The Labute approximate surface area is 100 Å². The number of ether oxygens (including phenoxy) is 1. The van der Waals surface area contributed by atoms with Crippen LogP contribution in [0.3, 0.4) is 0 Å². The van der Waals surface area contributed by atoms with Gasteiger partial charge in [-0.2, -0.15) is 0 Å². The molecule has 1 rings (SSSR count). The van der Waals surface area contributed by atoms with E-state index in [0.717, 1.165) is 38.8 Å². The van der Waals surface area contributed by atoms with Crippen LogP contribution < -0.4 is 10.6 Å². The average molecular weight is 228 g/mol. The van der Waals surface area contributed by atoms with Gasteiger partial charge < -0.3 is 15.4 Å². The molecule has 1 fully saturated rings. The van der Waals surface area contributed by atoms with Gasteiger partial charge in [-0.05, 0) is 44.7 Å². The Kier molecular flexibility index (Phi) is 7.81. The molecular formula is C13H28N2O. The Morgan fingerprint density at radius 2 is 1.88 bits per heavy atom. The van der Waals surface area contributed by atoms with E-state index in [-0.39, 0.29) is 0 Å². The molecule has 1 aliphatic carbocycles. The van der Waals surface area contributed by atoms with E-state index in [1.165, 1.54) is 25.7 Å². The number of rotatable bonds is 11. The van der Waals surface area contributed by atoms with E-state index in [1.54, 1.807) is 0 Å². The van der Waals surface area contributed by atoms with Crippen LogP contribution in [0.15, 0.2) is 0 Å². The van der Waals surface area contributed by atoms with Crippen LogP contribution >= 0.6 is 0 Å². The third-order valence-electron chi connectivity index (χ3n) is 2.81. The first-order chi connectivity index (χ1) is 7.79. The molecule has 0 saturated heterocycles. The first-order valence-corrected chi connectivity index (χ1v) is 6.81. The molecule has 0 aromatic heterocycles. The quantitative estimate of drug-likeness (QED) is 0.529. The van der Waals surface area contributed by atoms with Gasteiger partial charge in [0.05, 0.1) is 6.61 Å². The topological polar surface area (TPSA) is 33.3 Å². The predicted octanol–water partition coefficient (Wildman–Crippen LogP) is 1.78. The van der Waals surface area contributed by atoms with E-state index < -0.39 is 0 Å². The number of hydrogen-bond donors (Lipinski definition) is 2.